The van der Waals surface area contributed by atoms with Gasteiger partial charge in [-0.25, -0.2) is 14.4 Å². The van der Waals surface area contributed by atoms with Crippen molar-refractivity contribution in [1.29, 1.82) is 0 Å². The largest absolute Gasteiger partial charge is 0.494 e. The number of carbonyl (C=O) groups is 3. The van der Waals surface area contributed by atoms with Crippen molar-refractivity contribution < 1.29 is 47.9 Å². The summed E-state index contributed by atoms with van der Waals surface area (Å²) in [4.78, 5) is 43.2. The van der Waals surface area contributed by atoms with Crippen molar-refractivity contribution >= 4 is 17.9 Å². The van der Waals surface area contributed by atoms with Gasteiger partial charge < -0.3 is 33.5 Å². The third-order valence-electron chi connectivity index (χ3n) is 10.4. The van der Waals surface area contributed by atoms with Gasteiger partial charge in [0.2, 0.25) is 0 Å². The number of aromatic nitrogens is 2. The third-order valence-corrected chi connectivity index (χ3v) is 10.4. The highest BCUT2D eigenvalue weighted by Gasteiger charge is 2.13. The first-order valence-electron chi connectivity index (χ1n) is 22.4. The molecule has 5 rings (SSSR count). The molecule has 0 fully saturated rings. The van der Waals surface area contributed by atoms with Gasteiger partial charge in [0.05, 0.1) is 43.4 Å². The van der Waals surface area contributed by atoms with E-state index < -0.39 is 5.97 Å². The Hall–Kier alpha value is -6.95. The molecule has 12 nitrogen and oxygen atoms in total. The van der Waals surface area contributed by atoms with Crippen LogP contribution >= 0.6 is 0 Å². The SMILES string of the molecule is C=CC(=O)OCCCCCCCCOc1ccc(-c2ccc(COc3ccc(C(=O)O)cc3OCc3ccc(-c4ccc(OCCCCCCCCOC(=O)C=C)cc4)nc3)cn2)cc1. The average Bonchev–Trinajstić information content (AvgIpc) is 3.34. The molecule has 0 saturated carbocycles. The van der Waals surface area contributed by atoms with Crippen LogP contribution in [0.2, 0.25) is 0 Å². The first-order chi connectivity index (χ1) is 31.8. The Balaban J connectivity index is 1.02. The van der Waals surface area contributed by atoms with Gasteiger partial charge >= 0.3 is 17.9 Å². The standard InChI is InChI=1S/C53H60N2O10/c1-3-51(56)62-33-15-11-7-5-9-13-31-60-45-24-19-42(20-25-45)47-28-17-40(36-54-47)38-64-49-30-23-44(53(58)59)35-50(49)65-39-41-18-29-48(55-37-41)43-21-26-46(27-22-43)61-32-14-10-6-8-12-16-34-63-52(57)4-2/h3-4,17-30,35-37H,1-2,5-16,31-34,38-39H2,(H,58,59). The molecular weight excluding hydrogens is 825 g/mol. The fourth-order valence-electron chi connectivity index (χ4n) is 6.67. The molecule has 3 aromatic carbocycles. The van der Waals surface area contributed by atoms with Crippen LogP contribution in [0.15, 0.2) is 129 Å². The Bertz CT molecular complexity index is 2220. The second kappa shape index (κ2) is 28.0. The minimum Gasteiger partial charge on any atom is -0.494 e. The molecule has 2 aromatic heterocycles. The zero-order chi connectivity index (χ0) is 45.9. The number of carboxylic acids is 1. The average molecular weight is 885 g/mol. The van der Waals surface area contributed by atoms with Gasteiger partial charge in [-0.05, 0) is 105 Å². The molecule has 0 saturated heterocycles. The maximum atomic E-state index is 11.8. The number of rotatable bonds is 31. The Labute approximate surface area is 382 Å². The molecule has 0 amide bonds. The number of nitrogens with zero attached hydrogens (tertiary/aromatic N) is 2. The fourth-order valence-corrected chi connectivity index (χ4v) is 6.67. The van der Waals surface area contributed by atoms with Gasteiger partial charge in [-0.3, -0.25) is 9.97 Å². The van der Waals surface area contributed by atoms with E-state index >= 15 is 0 Å². The van der Waals surface area contributed by atoms with Gasteiger partial charge in [-0.1, -0.05) is 76.7 Å². The number of ether oxygens (including phenoxy) is 6. The molecule has 12 heteroatoms. The highest BCUT2D eigenvalue weighted by atomic mass is 16.5. The minimum atomic E-state index is -1.07. The molecule has 342 valence electrons. The number of pyridine rings is 2. The van der Waals surface area contributed by atoms with Crippen LogP contribution < -0.4 is 18.9 Å². The van der Waals surface area contributed by atoms with Crippen LogP contribution in [-0.4, -0.2) is 59.4 Å². The van der Waals surface area contributed by atoms with E-state index in [0.717, 1.165) is 122 Å². The highest BCUT2D eigenvalue weighted by molar-refractivity contribution is 5.88. The molecule has 0 spiro atoms. The minimum absolute atomic E-state index is 0.0853. The Morgan fingerprint density at radius 2 is 0.892 bits per heavy atom. The van der Waals surface area contributed by atoms with Crippen LogP contribution in [-0.2, 0) is 32.3 Å². The number of esters is 2. The molecule has 0 aliphatic carbocycles. The molecule has 65 heavy (non-hydrogen) atoms. The molecule has 5 aromatic rings. The number of aromatic carboxylic acids is 1. The number of unbranched alkanes of at least 4 members (excludes halogenated alkanes) is 10. The number of carboxylic acid groups (broad SMARTS) is 1. The summed E-state index contributed by atoms with van der Waals surface area (Å²) in [5, 5.41) is 9.66. The van der Waals surface area contributed by atoms with Crippen LogP contribution in [0.1, 0.15) is 98.5 Å². The zero-order valence-electron chi connectivity index (χ0n) is 37.1. The molecular formula is C53H60N2O10. The lowest BCUT2D eigenvalue weighted by molar-refractivity contribution is -0.138. The van der Waals surface area contributed by atoms with Crippen LogP contribution in [0.25, 0.3) is 22.5 Å². The molecule has 0 radical (unpaired) electrons. The number of carbonyl (C=O) groups excluding carboxylic acids is 2. The van der Waals surface area contributed by atoms with Crippen molar-refractivity contribution in [1.82, 2.24) is 9.97 Å². The first kappa shape index (κ1) is 49.1. The van der Waals surface area contributed by atoms with Crippen molar-refractivity contribution in [2.45, 2.75) is 90.3 Å². The number of hydrogen-bond donors (Lipinski definition) is 1. The van der Waals surface area contributed by atoms with E-state index in [0.29, 0.717) is 37.9 Å². The zero-order valence-corrected chi connectivity index (χ0v) is 37.1. The van der Waals surface area contributed by atoms with E-state index in [4.69, 9.17) is 28.4 Å². The summed E-state index contributed by atoms with van der Waals surface area (Å²) in [6.07, 6.45) is 18.2. The predicted octanol–water partition coefficient (Wildman–Crippen LogP) is 11.6. The van der Waals surface area contributed by atoms with Gasteiger partial charge in [0.1, 0.15) is 24.7 Å². The Kier molecular flexibility index (Phi) is 21.1. The van der Waals surface area contributed by atoms with Crippen molar-refractivity contribution in [3.05, 3.63) is 145 Å². The lowest BCUT2D eigenvalue weighted by Gasteiger charge is -2.14. The summed E-state index contributed by atoms with van der Waals surface area (Å²) in [5.41, 5.74) is 5.26. The normalized spacial score (nSPS) is 10.7. The second-order valence-corrected chi connectivity index (χ2v) is 15.4. The molecule has 0 atom stereocenters. The van der Waals surface area contributed by atoms with E-state index in [1.807, 2.05) is 72.8 Å². The van der Waals surface area contributed by atoms with E-state index in [9.17, 15) is 19.5 Å². The van der Waals surface area contributed by atoms with Gasteiger partial charge in [0, 0.05) is 46.8 Å². The fraction of sp³-hybridized carbons (Fsp3) is 0.340. The Morgan fingerprint density at radius 1 is 0.477 bits per heavy atom. The molecule has 1 N–H and O–H groups in total. The summed E-state index contributed by atoms with van der Waals surface area (Å²) in [5.74, 6) is 0.527. The maximum Gasteiger partial charge on any atom is 0.335 e. The van der Waals surface area contributed by atoms with Gasteiger partial charge in [0.15, 0.2) is 11.5 Å². The predicted molar refractivity (Wildman–Crippen MR) is 250 cm³/mol. The molecule has 0 aliphatic heterocycles. The quantitative estimate of drug-likeness (QED) is 0.0256. The number of benzene rings is 3. The topological polar surface area (TPSA) is 153 Å². The lowest BCUT2D eigenvalue weighted by Crippen LogP contribution is -2.04. The highest BCUT2D eigenvalue weighted by Crippen LogP contribution is 2.31. The maximum absolute atomic E-state index is 11.8. The monoisotopic (exact) mass is 884 g/mol. The summed E-state index contributed by atoms with van der Waals surface area (Å²) in [6.45, 7) is 9.33. The summed E-state index contributed by atoms with van der Waals surface area (Å²) >= 11 is 0. The Morgan fingerprint density at radius 3 is 1.29 bits per heavy atom. The van der Waals surface area contributed by atoms with E-state index in [-0.39, 0.29) is 30.7 Å². The van der Waals surface area contributed by atoms with Crippen LogP contribution in [0.3, 0.4) is 0 Å². The van der Waals surface area contributed by atoms with Gasteiger partial charge in [-0.2, -0.15) is 0 Å². The summed E-state index contributed by atoms with van der Waals surface area (Å²) in [7, 11) is 0. The van der Waals surface area contributed by atoms with E-state index in [1.54, 1.807) is 18.5 Å². The van der Waals surface area contributed by atoms with E-state index in [1.165, 1.54) is 24.3 Å². The molecule has 0 unspecified atom stereocenters. The van der Waals surface area contributed by atoms with E-state index in [2.05, 4.69) is 23.1 Å². The van der Waals surface area contributed by atoms with Crippen molar-refractivity contribution in [3.63, 3.8) is 0 Å². The van der Waals surface area contributed by atoms with Crippen molar-refractivity contribution in [2.75, 3.05) is 26.4 Å². The summed E-state index contributed by atoms with van der Waals surface area (Å²) in [6, 6.07) is 28.0. The van der Waals surface area contributed by atoms with Crippen LogP contribution in [0, 0.1) is 0 Å². The van der Waals surface area contributed by atoms with Crippen molar-refractivity contribution in [2.24, 2.45) is 0 Å². The molecule has 0 aliphatic rings. The smallest absolute Gasteiger partial charge is 0.335 e. The van der Waals surface area contributed by atoms with Gasteiger partial charge in [-0.15, -0.1) is 0 Å². The van der Waals surface area contributed by atoms with Crippen molar-refractivity contribution in [3.8, 4) is 45.5 Å². The third kappa shape index (κ3) is 18.0. The lowest BCUT2D eigenvalue weighted by atomic mass is 10.1. The summed E-state index contributed by atoms with van der Waals surface area (Å²) < 4.78 is 34.1. The molecule has 0 bridgehead atoms. The van der Waals surface area contributed by atoms with Crippen LogP contribution in [0.5, 0.6) is 23.0 Å². The van der Waals surface area contributed by atoms with Crippen LogP contribution in [0.4, 0.5) is 0 Å². The van der Waals surface area contributed by atoms with Gasteiger partial charge in [0.25, 0.3) is 0 Å². The second-order valence-electron chi connectivity index (χ2n) is 15.4. The number of hydrogen-bond acceptors (Lipinski definition) is 11. The first-order valence-corrected chi connectivity index (χ1v) is 22.4. The molecule has 2 heterocycles.